The van der Waals surface area contributed by atoms with Crippen LogP contribution in [-0.4, -0.2) is 38.0 Å². The number of halogens is 2. The van der Waals surface area contributed by atoms with Crippen molar-refractivity contribution < 1.29 is 14.5 Å². The zero-order valence-electron chi connectivity index (χ0n) is 13.0. The van der Waals surface area contributed by atoms with Gasteiger partial charge in [0.1, 0.15) is 0 Å². The Morgan fingerprint density at radius 1 is 1.23 bits per heavy atom. The minimum atomic E-state index is -0.384. The molecule has 0 fully saturated rings. The molecule has 0 aliphatic rings. The summed E-state index contributed by atoms with van der Waals surface area (Å²) in [5, 5.41) is 6.46. The summed E-state index contributed by atoms with van der Waals surface area (Å²) in [4.78, 5) is 24.7. The summed E-state index contributed by atoms with van der Waals surface area (Å²) in [6, 6.07) is 4.46. The lowest BCUT2D eigenvalue weighted by molar-refractivity contribution is -0.885. The first kappa shape index (κ1) is 18.7. The molecule has 0 aliphatic heterocycles. The first-order chi connectivity index (χ1) is 10.3. The van der Waals surface area contributed by atoms with Crippen LogP contribution in [0.4, 0.5) is 5.69 Å². The van der Waals surface area contributed by atoms with E-state index >= 15 is 0 Å². The second-order valence-electron chi connectivity index (χ2n) is 5.24. The molecule has 0 aliphatic carbocycles. The van der Waals surface area contributed by atoms with Gasteiger partial charge in [0.25, 0.3) is 11.8 Å². The van der Waals surface area contributed by atoms with Crippen LogP contribution < -0.4 is 15.5 Å². The second-order valence-corrected chi connectivity index (χ2v) is 6.12. The molecular formula is C15H22Cl2N3O2+. The largest absolute Gasteiger partial charge is 0.351 e. The molecule has 2 amide bonds. The fraction of sp³-hybridized carbons (Fsp3) is 0.467. The lowest BCUT2D eigenvalue weighted by Crippen LogP contribution is -3.15. The predicted molar refractivity (Wildman–Crippen MR) is 89.6 cm³/mol. The van der Waals surface area contributed by atoms with Crippen molar-refractivity contribution in [2.75, 3.05) is 25.5 Å². The highest BCUT2D eigenvalue weighted by molar-refractivity contribution is 6.35. The number of benzene rings is 1. The van der Waals surface area contributed by atoms with Gasteiger partial charge in [0.15, 0.2) is 12.6 Å². The van der Waals surface area contributed by atoms with Gasteiger partial charge in [-0.1, -0.05) is 30.1 Å². The molecule has 122 valence electrons. The number of amides is 2. The van der Waals surface area contributed by atoms with E-state index in [1.807, 2.05) is 6.92 Å². The normalized spacial score (nSPS) is 13.3. The summed E-state index contributed by atoms with van der Waals surface area (Å²) in [5.74, 6) is -0.260. The number of likely N-dealkylation sites (N-methyl/N-ethyl adjacent to an activating group) is 1. The lowest BCUT2D eigenvalue weighted by Gasteiger charge is -2.20. The fourth-order valence-corrected chi connectivity index (χ4v) is 2.36. The Balaban J connectivity index is 2.58. The maximum atomic E-state index is 12.2. The van der Waals surface area contributed by atoms with Gasteiger partial charge in [-0.15, -0.1) is 0 Å². The van der Waals surface area contributed by atoms with Crippen LogP contribution in [0.25, 0.3) is 0 Å². The van der Waals surface area contributed by atoms with E-state index in [0.29, 0.717) is 22.3 Å². The summed E-state index contributed by atoms with van der Waals surface area (Å²) in [7, 11) is 1.81. The summed E-state index contributed by atoms with van der Waals surface area (Å²) >= 11 is 11.8. The monoisotopic (exact) mass is 346 g/mol. The number of nitrogens with one attached hydrogen (secondary N) is 3. The van der Waals surface area contributed by atoms with E-state index in [2.05, 4.69) is 10.6 Å². The quantitative estimate of drug-likeness (QED) is 0.698. The number of hydrogen-bond donors (Lipinski definition) is 3. The molecule has 0 saturated heterocycles. The predicted octanol–water partition coefficient (Wildman–Crippen LogP) is 1.36. The number of carbonyl (C=O) groups is 2. The van der Waals surface area contributed by atoms with E-state index < -0.39 is 0 Å². The third-order valence-electron chi connectivity index (χ3n) is 3.27. The minimum Gasteiger partial charge on any atom is -0.351 e. The van der Waals surface area contributed by atoms with Crippen LogP contribution in [0.5, 0.6) is 0 Å². The van der Waals surface area contributed by atoms with Crippen LogP contribution in [0.1, 0.15) is 20.3 Å². The smallest absolute Gasteiger partial charge is 0.282 e. The SMILES string of the molecule is CCCNC(=O)C[NH+](C)[C@H](C)C(=O)Nc1cc(Cl)cc(Cl)c1. The zero-order valence-corrected chi connectivity index (χ0v) is 14.5. The number of quaternary nitrogens is 1. The van der Waals surface area contributed by atoms with Gasteiger partial charge in [0, 0.05) is 22.3 Å². The van der Waals surface area contributed by atoms with Crippen LogP contribution >= 0.6 is 23.2 Å². The molecule has 0 saturated carbocycles. The number of hydrogen-bond acceptors (Lipinski definition) is 2. The van der Waals surface area contributed by atoms with E-state index in [-0.39, 0.29) is 24.4 Å². The second kappa shape index (κ2) is 8.98. The highest BCUT2D eigenvalue weighted by atomic mass is 35.5. The molecule has 0 aromatic heterocycles. The Labute approximate surface area is 141 Å². The van der Waals surface area contributed by atoms with Crippen LogP contribution in [0.2, 0.25) is 10.0 Å². The zero-order chi connectivity index (χ0) is 16.7. The molecule has 0 radical (unpaired) electrons. The van der Waals surface area contributed by atoms with Crippen molar-refractivity contribution in [1.29, 1.82) is 0 Å². The Morgan fingerprint density at radius 3 is 2.36 bits per heavy atom. The van der Waals surface area contributed by atoms with Crippen LogP contribution in [0.15, 0.2) is 18.2 Å². The van der Waals surface area contributed by atoms with Gasteiger partial charge < -0.3 is 15.5 Å². The molecule has 0 bridgehead atoms. The average molecular weight is 347 g/mol. The Hall–Kier alpha value is -1.30. The van der Waals surface area contributed by atoms with E-state index in [9.17, 15) is 9.59 Å². The van der Waals surface area contributed by atoms with Gasteiger partial charge in [-0.3, -0.25) is 9.59 Å². The molecule has 0 heterocycles. The van der Waals surface area contributed by atoms with Gasteiger partial charge in [0.05, 0.1) is 7.05 Å². The van der Waals surface area contributed by atoms with Crippen LogP contribution in [0.3, 0.4) is 0 Å². The van der Waals surface area contributed by atoms with Crippen molar-refractivity contribution in [3.8, 4) is 0 Å². The Morgan fingerprint density at radius 2 is 1.82 bits per heavy atom. The van der Waals surface area contributed by atoms with Gasteiger partial charge in [0.2, 0.25) is 0 Å². The molecule has 5 nitrogen and oxygen atoms in total. The topological polar surface area (TPSA) is 62.6 Å². The molecule has 22 heavy (non-hydrogen) atoms. The molecule has 0 spiro atoms. The molecule has 1 rings (SSSR count). The van der Waals surface area contributed by atoms with Crippen molar-refractivity contribution in [2.24, 2.45) is 0 Å². The maximum absolute atomic E-state index is 12.2. The van der Waals surface area contributed by atoms with Gasteiger partial charge in [-0.25, -0.2) is 0 Å². The number of rotatable bonds is 7. The standard InChI is InChI=1S/C15H21Cl2N3O2/c1-4-5-18-14(21)9-20(3)10(2)15(22)19-13-7-11(16)6-12(17)8-13/h6-8,10H,4-5,9H2,1-3H3,(H,18,21)(H,19,22)/p+1/t10-/m1/s1. The molecule has 1 unspecified atom stereocenters. The number of anilines is 1. The average Bonchev–Trinajstić information content (AvgIpc) is 2.42. The van der Waals surface area contributed by atoms with E-state index in [1.54, 1.807) is 32.2 Å². The van der Waals surface area contributed by atoms with Crippen molar-refractivity contribution >= 4 is 40.7 Å². The summed E-state index contributed by atoms with van der Waals surface area (Å²) in [5.41, 5.74) is 0.539. The molecule has 2 atom stereocenters. The van der Waals surface area contributed by atoms with E-state index in [0.717, 1.165) is 11.3 Å². The highest BCUT2D eigenvalue weighted by Gasteiger charge is 2.23. The molecule has 3 N–H and O–H groups in total. The van der Waals surface area contributed by atoms with Crippen molar-refractivity contribution in [3.63, 3.8) is 0 Å². The molecular weight excluding hydrogens is 325 g/mol. The minimum absolute atomic E-state index is 0.0650. The molecule has 1 aromatic carbocycles. The van der Waals surface area contributed by atoms with Gasteiger partial charge in [-0.2, -0.15) is 0 Å². The van der Waals surface area contributed by atoms with Gasteiger partial charge >= 0.3 is 0 Å². The third-order valence-corrected chi connectivity index (χ3v) is 3.71. The number of carbonyl (C=O) groups excluding carboxylic acids is 2. The van der Waals surface area contributed by atoms with Crippen molar-refractivity contribution in [3.05, 3.63) is 28.2 Å². The molecule has 1 aromatic rings. The third kappa shape index (κ3) is 6.22. The summed E-state index contributed by atoms with van der Waals surface area (Å²) in [6.07, 6.45) is 0.885. The maximum Gasteiger partial charge on any atom is 0.282 e. The van der Waals surface area contributed by atoms with Crippen molar-refractivity contribution in [2.45, 2.75) is 26.3 Å². The Kier molecular flexibility index (Phi) is 7.65. The van der Waals surface area contributed by atoms with Crippen LogP contribution in [-0.2, 0) is 9.59 Å². The summed E-state index contributed by atoms with van der Waals surface area (Å²) < 4.78 is 0. The van der Waals surface area contributed by atoms with E-state index in [1.165, 1.54) is 0 Å². The fourth-order valence-electron chi connectivity index (χ4n) is 1.83. The Bertz CT molecular complexity index is 517. The van der Waals surface area contributed by atoms with E-state index in [4.69, 9.17) is 23.2 Å². The van der Waals surface area contributed by atoms with Crippen molar-refractivity contribution in [1.82, 2.24) is 5.32 Å². The highest BCUT2D eigenvalue weighted by Crippen LogP contribution is 2.22. The van der Waals surface area contributed by atoms with Crippen LogP contribution in [0, 0.1) is 0 Å². The van der Waals surface area contributed by atoms with Gasteiger partial charge in [-0.05, 0) is 31.5 Å². The first-order valence-corrected chi connectivity index (χ1v) is 7.95. The lowest BCUT2D eigenvalue weighted by atomic mass is 10.2. The molecule has 7 heteroatoms. The summed E-state index contributed by atoms with van der Waals surface area (Å²) in [6.45, 7) is 4.64. The first-order valence-electron chi connectivity index (χ1n) is 7.19.